The molecule has 1 saturated heterocycles. The zero-order valence-electron chi connectivity index (χ0n) is 15.1. The van der Waals surface area contributed by atoms with Crippen molar-refractivity contribution in [3.8, 4) is 0 Å². The second kappa shape index (κ2) is 6.26. The van der Waals surface area contributed by atoms with Crippen LogP contribution in [0.25, 0.3) is 0 Å². The summed E-state index contributed by atoms with van der Waals surface area (Å²) >= 11 is 0. The lowest BCUT2D eigenvalue weighted by molar-refractivity contribution is -0.123. The lowest BCUT2D eigenvalue weighted by Crippen LogP contribution is -2.33. The van der Waals surface area contributed by atoms with Crippen molar-refractivity contribution >= 4 is 29.1 Å². The topological polar surface area (TPSA) is 66.5 Å². The van der Waals surface area contributed by atoms with Gasteiger partial charge in [-0.3, -0.25) is 19.3 Å². The number of amides is 3. The molecule has 3 fully saturated rings. The molecule has 2 aromatic carbocycles. The lowest BCUT2D eigenvalue weighted by Gasteiger charge is -2.19. The number of rotatable bonds is 3. The Hall–Kier alpha value is -3.02. The van der Waals surface area contributed by atoms with Crippen molar-refractivity contribution in [2.75, 3.05) is 10.2 Å². The number of benzene rings is 2. The number of carbonyl (C=O) groups is 3. The Morgan fingerprint density at radius 2 is 1.61 bits per heavy atom. The molecule has 0 aromatic heterocycles. The number of nitrogens with zero attached hydrogens (tertiary/aromatic N) is 1. The molecule has 28 heavy (non-hydrogen) atoms. The van der Waals surface area contributed by atoms with Crippen molar-refractivity contribution in [1.29, 1.82) is 0 Å². The molecule has 0 unspecified atom stereocenters. The average Bonchev–Trinajstić information content (AvgIpc) is 3.37. The summed E-state index contributed by atoms with van der Waals surface area (Å²) in [5, 5.41) is 2.70. The Balaban J connectivity index is 1.40. The molecule has 5 nitrogen and oxygen atoms in total. The van der Waals surface area contributed by atoms with Crippen LogP contribution in [-0.2, 0) is 9.59 Å². The zero-order chi connectivity index (χ0) is 19.4. The Labute approximate surface area is 161 Å². The van der Waals surface area contributed by atoms with E-state index in [2.05, 4.69) is 5.32 Å². The largest absolute Gasteiger partial charge is 0.322 e. The Bertz CT molecular complexity index is 960. The molecule has 0 radical (unpaired) electrons. The van der Waals surface area contributed by atoms with E-state index in [0.717, 1.165) is 19.3 Å². The predicted octanol–water partition coefficient (Wildman–Crippen LogP) is 3.61. The highest BCUT2D eigenvalue weighted by Gasteiger charge is 2.61. The maximum atomic E-state index is 13.0. The molecular weight excluding hydrogens is 359 g/mol. The van der Waals surface area contributed by atoms with Crippen molar-refractivity contribution in [3.63, 3.8) is 0 Å². The minimum Gasteiger partial charge on any atom is -0.322 e. The van der Waals surface area contributed by atoms with Gasteiger partial charge in [0.15, 0.2) is 0 Å². The first-order chi connectivity index (χ1) is 13.5. The SMILES string of the molecule is O=C(Nc1ccc(F)cc1)c1cccc(N2C(=O)[C@H]3[C@H]4CC[C@@H](C4)[C@@H]3C2=O)c1. The van der Waals surface area contributed by atoms with Crippen LogP contribution in [0, 0.1) is 29.5 Å². The summed E-state index contributed by atoms with van der Waals surface area (Å²) in [6.45, 7) is 0. The molecule has 1 heterocycles. The van der Waals surface area contributed by atoms with Gasteiger partial charge in [0.25, 0.3) is 5.91 Å². The van der Waals surface area contributed by atoms with Gasteiger partial charge in [-0.2, -0.15) is 0 Å². The van der Waals surface area contributed by atoms with E-state index in [4.69, 9.17) is 0 Å². The molecule has 6 heteroatoms. The molecule has 0 spiro atoms. The molecule has 2 saturated carbocycles. The fraction of sp³-hybridized carbons (Fsp3) is 0.318. The van der Waals surface area contributed by atoms with Crippen molar-refractivity contribution in [3.05, 3.63) is 59.9 Å². The maximum absolute atomic E-state index is 13.0. The number of hydrogen-bond donors (Lipinski definition) is 1. The maximum Gasteiger partial charge on any atom is 0.255 e. The number of anilines is 2. The minimum atomic E-state index is -0.384. The minimum absolute atomic E-state index is 0.127. The van der Waals surface area contributed by atoms with E-state index in [-0.39, 0.29) is 35.4 Å². The highest BCUT2D eigenvalue weighted by molar-refractivity contribution is 6.23. The molecular formula is C22H19FN2O3. The number of halogens is 1. The van der Waals surface area contributed by atoms with E-state index in [0.29, 0.717) is 28.8 Å². The number of hydrogen-bond acceptors (Lipinski definition) is 3. The van der Waals surface area contributed by atoms with Gasteiger partial charge in [-0.15, -0.1) is 0 Å². The zero-order valence-corrected chi connectivity index (χ0v) is 15.1. The van der Waals surface area contributed by atoms with Gasteiger partial charge in [0.2, 0.25) is 11.8 Å². The van der Waals surface area contributed by atoms with E-state index in [1.165, 1.54) is 29.2 Å². The van der Waals surface area contributed by atoms with E-state index < -0.39 is 0 Å². The summed E-state index contributed by atoms with van der Waals surface area (Å²) in [5.74, 6) is -0.760. The first kappa shape index (κ1) is 17.1. The van der Waals surface area contributed by atoms with Crippen molar-refractivity contribution in [1.82, 2.24) is 0 Å². The van der Waals surface area contributed by atoms with Gasteiger partial charge < -0.3 is 5.32 Å². The molecule has 3 amide bonds. The van der Waals surface area contributed by atoms with Crippen LogP contribution in [0.3, 0.4) is 0 Å². The number of carbonyl (C=O) groups excluding carboxylic acids is 3. The first-order valence-corrected chi connectivity index (χ1v) is 9.58. The third-order valence-electron chi connectivity index (χ3n) is 6.40. The quantitative estimate of drug-likeness (QED) is 0.830. The van der Waals surface area contributed by atoms with Crippen LogP contribution < -0.4 is 10.2 Å². The van der Waals surface area contributed by atoms with Gasteiger partial charge in [0, 0.05) is 11.3 Å². The van der Waals surface area contributed by atoms with Gasteiger partial charge in [-0.1, -0.05) is 6.07 Å². The van der Waals surface area contributed by atoms with Crippen LogP contribution in [-0.4, -0.2) is 17.7 Å². The van der Waals surface area contributed by atoms with Gasteiger partial charge in [-0.05, 0) is 73.6 Å². The summed E-state index contributed by atoms with van der Waals surface area (Å²) in [6, 6.07) is 12.0. The summed E-state index contributed by atoms with van der Waals surface area (Å²) < 4.78 is 13.0. The van der Waals surface area contributed by atoms with Gasteiger partial charge in [0.1, 0.15) is 5.82 Å². The molecule has 1 N–H and O–H groups in total. The average molecular weight is 378 g/mol. The number of fused-ring (bicyclic) bond motifs is 5. The van der Waals surface area contributed by atoms with Crippen LogP contribution in [0.2, 0.25) is 0 Å². The van der Waals surface area contributed by atoms with Crippen LogP contribution >= 0.6 is 0 Å². The van der Waals surface area contributed by atoms with Gasteiger partial charge >= 0.3 is 0 Å². The molecule has 2 aliphatic carbocycles. The molecule has 2 aromatic rings. The second-order valence-electron chi connectivity index (χ2n) is 7.91. The number of nitrogens with one attached hydrogen (secondary N) is 1. The summed E-state index contributed by atoms with van der Waals surface area (Å²) in [7, 11) is 0. The molecule has 2 bridgehead atoms. The fourth-order valence-corrected chi connectivity index (χ4v) is 5.19. The lowest BCUT2D eigenvalue weighted by atomic mass is 9.81. The van der Waals surface area contributed by atoms with E-state index in [9.17, 15) is 18.8 Å². The van der Waals surface area contributed by atoms with E-state index >= 15 is 0 Å². The standard InChI is InChI=1S/C22H19FN2O3/c23-15-6-8-16(9-7-15)24-20(26)14-2-1-3-17(11-14)25-21(27)18-12-4-5-13(10-12)19(18)22(25)28/h1-3,6-9,11-13,18-19H,4-5,10H2,(H,24,26)/t12-,13-,18-,19-/m0/s1. The third kappa shape index (κ3) is 2.55. The number of imide groups is 1. The highest BCUT2D eigenvalue weighted by atomic mass is 19.1. The second-order valence-corrected chi connectivity index (χ2v) is 7.91. The monoisotopic (exact) mass is 378 g/mol. The summed E-state index contributed by atoms with van der Waals surface area (Å²) in [4.78, 5) is 39.7. The molecule has 5 rings (SSSR count). The van der Waals surface area contributed by atoms with Crippen LogP contribution in [0.1, 0.15) is 29.6 Å². The summed E-state index contributed by atoms with van der Waals surface area (Å²) in [5.41, 5.74) is 1.24. The van der Waals surface area contributed by atoms with Crippen LogP contribution in [0.4, 0.5) is 15.8 Å². The summed E-state index contributed by atoms with van der Waals surface area (Å²) in [6.07, 6.45) is 3.04. The molecule has 4 atom stereocenters. The molecule has 1 aliphatic heterocycles. The molecule has 142 valence electrons. The van der Waals surface area contributed by atoms with Gasteiger partial charge in [-0.25, -0.2) is 4.39 Å². The predicted molar refractivity (Wildman–Crippen MR) is 101 cm³/mol. The smallest absolute Gasteiger partial charge is 0.255 e. The van der Waals surface area contributed by atoms with E-state index in [1.54, 1.807) is 24.3 Å². The van der Waals surface area contributed by atoms with Crippen molar-refractivity contribution in [2.24, 2.45) is 23.7 Å². The fourth-order valence-electron chi connectivity index (χ4n) is 5.19. The third-order valence-corrected chi connectivity index (χ3v) is 6.40. The highest BCUT2D eigenvalue weighted by Crippen LogP contribution is 2.56. The van der Waals surface area contributed by atoms with E-state index in [1.807, 2.05) is 0 Å². The Morgan fingerprint density at radius 1 is 0.964 bits per heavy atom. The van der Waals surface area contributed by atoms with Gasteiger partial charge in [0.05, 0.1) is 17.5 Å². The molecule has 3 aliphatic rings. The van der Waals surface area contributed by atoms with Crippen molar-refractivity contribution < 1.29 is 18.8 Å². The van der Waals surface area contributed by atoms with Crippen molar-refractivity contribution in [2.45, 2.75) is 19.3 Å². The first-order valence-electron chi connectivity index (χ1n) is 9.58. The van der Waals surface area contributed by atoms with Crippen LogP contribution in [0.5, 0.6) is 0 Å². The van der Waals surface area contributed by atoms with Crippen LogP contribution in [0.15, 0.2) is 48.5 Å². The Kier molecular flexibility index (Phi) is 3.82. The Morgan fingerprint density at radius 3 is 2.25 bits per heavy atom. The normalized spacial score (nSPS) is 28.0.